The molecule has 0 spiro atoms. The number of amides is 1. The Morgan fingerprint density at radius 3 is 2.65 bits per heavy atom. The summed E-state index contributed by atoms with van der Waals surface area (Å²) in [5.74, 6) is 1.44. The molecule has 1 aromatic rings. The van der Waals surface area contributed by atoms with Gasteiger partial charge in [-0.05, 0) is 19.3 Å². The molecule has 0 bridgehead atoms. The summed E-state index contributed by atoms with van der Waals surface area (Å²) in [5, 5.41) is 4.07. The highest BCUT2D eigenvalue weighted by Crippen LogP contribution is 2.37. The lowest BCUT2D eigenvalue weighted by molar-refractivity contribution is -0.182. The normalized spacial score (nSPS) is 22.0. The second kappa shape index (κ2) is 6.61. The van der Waals surface area contributed by atoms with Crippen molar-refractivity contribution < 1.29 is 14.1 Å². The van der Waals surface area contributed by atoms with Crippen molar-refractivity contribution in [3.8, 4) is 0 Å². The van der Waals surface area contributed by atoms with Crippen molar-refractivity contribution in [1.82, 2.24) is 15.0 Å². The van der Waals surface area contributed by atoms with Crippen LogP contribution < -0.4 is 0 Å². The zero-order valence-electron chi connectivity index (χ0n) is 14.4. The average molecular weight is 321 g/mol. The molecule has 23 heavy (non-hydrogen) atoms. The number of aromatic nitrogens is 1. The molecule has 0 aromatic carbocycles. The topological polar surface area (TPSA) is 58.8 Å². The van der Waals surface area contributed by atoms with Gasteiger partial charge in [0, 0.05) is 38.8 Å². The highest BCUT2D eigenvalue weighted by Gasteiger charge is 2.50. The van der Waals surface area contributed by atoms with E-state index in [4.69, 9.17) is 9.26 Å². The number of rotatable bonds is 4. The Morgan fingerprint density at radius 1 is 1.30 bits per heavy atom. The van der Waals surface area contributed by atoms with Gasteiger partial charge >= 0.3 is 0 Å². The second-order valence-electron chi connectivity index (χ2n) is 7.15. The van der Waals surface area contributed by atoms with E-state index in [-0.39, 0.29) is 11.3 Å². The van der Waals surface area contributed by atoms with Crippen LogP contribution in [0.2, 0.25) is 0 Å². The van der Waals surface area contributed by atoms with E-state index in [1.165, 1.54) is 0 Å². The molecule has 2 aliphatic rings. The summed E-state index contributed by atoms with van der Waals surface area (Å²) in [6.45, 7) is 11.6. The molecule has 0 aliphatic carbocycles. The lowest BCUT2D eigenvalue weighted by Gasteiger charge is -2.45. The van der Waals surface area contributed by atoms with E-state index in [1.807, 2.05) is 17.9 Å². The monoisotopic (exact) mass is 321 g/mol. The van der Waals surface area contributed by atoms with Gasteiger partial charge < -0.3 is 14.2 Å². The number of ether oxygens (including phenoxy) is 1. The first-order valence-electron chi connectivity index (χ1n) is 8.53. The van der Waals surface area contributed by atoms with E-state index in [1.54, 1.807) is 0 Å². The molecular formula is C17H27N3O3. The fourth-order valence-corrected chi connectivity index (χ4v) is 3.39. The van der Waals surface area contributed by atoms with Crippen LogP contribution in [-0.2, 0) is 16.1 Å². The van der Waals surface area contributed by atoms with Gasteiger partial charge in [0.05, 0.1) is 24.3 Å². The summed E-state index contributed by atoms with van der Waals surface area (Å²) < 4.78 is 10.5. The Hall–Kier alpha value is -1.40. The van der Waals surface area contributed by atoms with Crippen molar-refractivity contribution in [2.45, 2.75) is 33.7 Å². The molecule has 6 nitrogen and oxygen atoms in total. The minimum atomic E-state index is -0.293. The number of aryl methyl sites for hydroxylation is 1. The SMILES string of the molecule is Cc1cc(CN2CCCN(C(=O)C3(C(C)C)COC3)CC2)no1. The molecular weight excluding hydrogens is 294 g/mol. The van der Waals surface area contributed by atoms with Crippen molar-refractivity contribution in [1.29, 1.82) is 0 Å². The van der Waals surface area contributed by atoms with Gasteiger partial charge in [-0.25, -0.2) is 0 Å². The van der Waals surface area contributed by atoms with Crippen LogP contribution in [0.25, 0.3) is 0 Å². The van der Waals surface area contributed by atoms with Gasteiger partial charge in [-0.2, -0.15) is 0 Å². The summed E-state index contributed by atoms with van der Waals surface area (Å²) in [4.78, 5) is 17.4. The quantitative estimate of drug-likeness (QED) is 0.844. The van der Waals surface area contributed by atoms with Crippen molar-refractivity contribution in [3.05, 3.63) is 17.5 Å². The fourth-order valence-electron chi connectivity index (χ4n) is 3.39. The van der Waals surface area contributed by atoms with Gasteiger partial charge in [-0.3, -0.25) is 9.69 Å². The fraction of sp³-hybridized carbons (Fsp3) is 0.765. The number of carbonyl (C=O) groups excluding carboxylic acids is 1. The van der Waals surface area contributed by atoms with E-state index >= 15 is 0 Å². The number of nitrogens with zero attached hydrogens (tertiary/aromatic N) is 3. The van der Waals surface area contributed by atoms with Crippen molar-refractivity contribution in [3.63, 3.8) is 0 Å². The largest absolute Gasteiger partial charge is 0.379 e. The number of carbonyl (C=O) groups is 1. The Morgan fingerprint density at radius 2 is 2.09 bits per heavy atom. The summed E-state index contributed by atoms with van der Waals surface area (Å²) in [6.07, 6.45) is 0.998. The lowest BCUT2D eigenvalue weighted by atomic mass is 9.74. The molecule has 128 valence electrons. The van der Waals surface area contributed by atoms with Gasteiger partial charge in [0.25, 0.3) is 0 Å². The zero-order chi connectivity index (χ0) is 16.4. The van der Waals surface area contributed by atoms with Crippen LogP contribution in [0.5, 0.6) is 0 Å². The maximum atomic E-state index is 13.0. The van der Waals surface area contributed by atoms with E-state index in [0.717, 1.165) is 50.6 Å². The Labute approximate surface area is 137 Å². The number of hydrogen-bond acceptors (Lipinski definition) is 5. The van der Waals surface area contributed by atoms with Gasteiger partial charge in [-0.15, -0.1) is 0 Å². The molecule has 0 N–H and O–H groups in total. The Bertz CT molecular complexity index is 551. The summed E-state index contributed by atoms with van der Waals surface area (Å²) in [5.41, 5.74) is 0.673. The first-order chi connectivity index (χ1) is 11.0. The highest BCUT2D eigenvalue weighted by molar-refractivity contribution is 5.84. The van der Waals surface area contributed by atoms with Gasteiger partial charge in [0.2, 0.25) is 5.91 Å². The van der Waals surface area contributed by atoms with Crippen LogP contribution in [0.1, 0.15) is 31.7 Å². The lowest BCUT2D eigenvalue weighted by Crippen LogP contribution is -2.58. The third kappa shape index (κ3) is 3.28. The van der Waals surface area contributed by atoms with Gasteiger partial charge in [0.15, 0.2) is 0 Å². The Balaban J connectivity index is 1.59. The minimum absolute atomic E-state index is 0.276. The maximum Gasteiger partial charge on any atom is 0.233 e. The second-order valence-corrected chi connectivity index (χ2v) is 7.15. The van der Waals surface area contributed by atoms with Gasteiger partial charge in [-0.1, -0.05) is 19.0 Å². The molecule has 6 heteroatoms. The smallest absolute Gasteiger partial charge is 0.233 e. The van der Waals surface area contributed by atoms with Crippen LogP contribution in [0.3, 0.4) is 0 Å². The molecule has 1 amide bonds. The molecule has 0 atom stereocenters. The summed E-state index contributed by atoms with van der Waals surface area (Å²) in [6, 6.07) is 1.98. The maximum absolute atomic E-state index is 13.0. The zero-order valence-corrected chi connectivity index (χ0v) is 14.4. The van der Waals surface area contributed by atoms with Crippen molar-refractivity contribution in [2.75, 3.05) is 39.4 Å². The van der Waals surface area contributed by atoms with Crippen LogP contribution in [0, 0.1) is 18.3 Å². The van der Waals surface area contributed by atoms with E-state index in [9.17, 15) is 4.79 Å². The first kappa shape index (κ1) is 16.5. The van der Waals surface area contributed by atoms with E-state index in [0.29, 0.717) is 19.1 Å². The molecule has 0 radical (unpaired) electrons. The number of hydrogen-bond donors (Lipinski definition) is 0. The predicted molar refractivity (Wildman–Crippen MR) is 85.8 cm³/mol. The minimum Gasteiger partial charge on any atom is -0.379 e. The standard InChI is InChI=1S/C17H27N3O3/c1-13(2)17(11-22-12-17)16(21)20-6-4-5-19(7-8-20)10-15-9-14(3)23-18-15/h9,13H,4-8,10-12H2,1-3H3. The third-order valence-electron chi connectivity index (χ3n) is 5.19. The van der Waals surface area contributed by atoms with Crippen LogP contribution in [0.15, 0.2) is 10.6 Å². The summed E-state index contributed by atoms with van der Waals surface area (Å²) >= 11 is 0. The molecule has 0 unspecified atom stereocenters. The van der Waals surface area contributed by atoms with Gasteiger partial charge in [0.1, 0.15) is 5.76 Å². The third-order valence-corrected chi connectivity index (χ3v) is 5.19. The first-order valence-corrected chi connectivity index (χ1v) is 8.53. The van der Waals surface area contributed by atoms with Crippen LogP contribution >= 0.6 is 0 Å². The van der Waals surface area contributed by atoms with Crippen molar-refractivity contribution in [2.24, 2.45) is 11.3 Å². The predicted octanol–water partition coefficient (Wildman–Crippen LogP) is 1.69. The van der Waals surface area contributed by atoms with Crippen LogP contribution in [0.4, 0.5) is 0 Å². The molecule has 2 fully saturated rings. The highest BCUT2D eigenvalue weighted by atomic mass is 16.5. The average Bonchev–Trinajstić information content (AvgIpc) is 2.71. The molecule has 2 aliphatic heterocycles. The van der Waals surface area contributed by atoms with Crippen LogP contribution in [-0.4, -0.2) is 60.3 Å². The molecule has 3 rings (SSSR count). The molecule has 2 saturated heterocycles. The van der Waals surface area contributed by atoms with E-state index < -0.39 is 0 Å². The molecule has 3 heterocycles. The summed E-state index contributed by atoms with van der Waals surface area (Å²) in [7, 11) is 0. The van der Waals surface area contributed by atoms with E-state index in [2.05, 4.69) is 23.9 Å². The Kier molecular flexibility index (Phi) is 4.73. The van der Waals surface area contributed by atoms with Crippen molar-refractivity contribution >= 4 is 5.91 Å². The molecule has 0 saturated carbocycles. The molecule has 1 aromatic heterocycles.